The average Bonchev–Trinajstić information content (AvgIpc) is 2.60. The fourth-order valence-corrected chi connectivity index (χ4v) is 3.54. The third kappa shape index (κ3) is 6.44. The summed E-state index contributed by atoms with van der Waals surface area (Å²) in [5, 5.41) is 6.86. The van der Waals surface area contributed by atoms with Gasteiger partial charge < -0.3 is 15.4 Å². The molecule has 1 saturated heterocycles. The van der Waals surface area contributed by atoms with Crippen LogP contribution in [0.25, 0.3) is 0 Å². The van der Waals surface area contributed by atoms with Crippen LogP contribution in [-0.4, -0.2) is 62.3 Å². The Balaban J connectivity index is 1.77. The Hall–Kier alpha value is -1.07. The SMILES string of the molecule is CCNC(=NCC(C)N1CCOCC1C)NCCC1=CCCCC1. The van der Waals surface area contributed by atoms with E-state index in [0.29, 0.717) is 12.1 Å². The monoisotopic (exact) mass is 336 g/mol. The number of aliphatic imine (C=N–C) groups is 1. The van der Waals surface area contributed by atoms with E-state index >= 15 is 0 Å². The summed E-state index contributed by atoms with van der Waals surface area (Å²) in [5.41, 5.74) is 1.61. The Bertz CT molecular complexity index is 422. The summed E-state index contributed by atoms with van der Waals surface area (Å²) in [5.74, 6) is 0.946. The van der Waals surface area contributed by atoms with Gasteiger partial charge in [0.15, 0.2) is 5.96 Å². The van der Waals surface area contributed by atoms with Gasteiger partial charge in [-0.15, -0.1) is 0 Å². The van der Waals surface area contributed by atoms with Crippen molar-refractivity contribution >= 4 is 5.96 Å². The van der Waals surface area contributed by atoms with E-state index in [1.165, 1.54) is 25.7 Å². The zero-order valence-electron chi connectivity index (χ0n) is 15.8. The lowest BCUT2D eigenvalue weighted by Gasteiger charge is -2.37. The van der Waals surface area contributed by atoms with Crippen LogP contribution >= 0.6 is 0 Å². The lowest BCUT2D eigenvalue weighted by atomic mass is 9.97. The molecule has 0 aromatic rings. The summed E-state index contributed by atoms with van der Waals surface area (Å²) >= 11 is 0. The van der Waals surface area contributed by atoms with E-state index in [4.69, 9.17) is 9.73 Å². The summed E-state index contributed by atoms with van der Waals surface area (Å²) in [7, 11) is 0. The van der Waals surface area contributed by atoms with E-state index < -0.39 is 0 Å². The van der Waals surface area contributed by atoms with Gasteiger partial charge in [0.2, 0.25) is 0 Å². The van der Waals surface area contributed by atoms with Crippen LogP contribution in [0.2, 0.25) is 0 Å². The predicted octanol–water partition coefficient (Wildman–Crippen LogP) is 2.54. The molecule has 2 unspecified atom stereocenters. The van der Waals surface area contributed by atoms with E-state index in [-0.39, 0.29) is 0 Å². The molecule has 5 heteroatoms. The molecule has 2 aliphatic rings. The van der Waals surface area contributed by atoms with Crippen molar-refractivity contribution in [2.24, 2.45) is 4.99 Å². The standard InChI is InChI=1S/C19H36N4O/c1-4-20-19(21-11-10-18-8-6-5-7-9-18)22-14-16(2)23-12-13-24-15-17(23)3/h8,16-17H,4-7,9-15H2,1-3H3,(H2,20,21,22). The molecular formula is C19H36N4O. The number of hydrogen-bond donors (Lipinski definition) is 2. The minimum atomic E-state index is 0.445. The molecule has 0 radical (unpaired) electrons. The number of nitrogens with one attached hydrogen (secondary N) is 2. The largest absolute Gasteiger partial charge is 0.379 e. The molecule has 0 bridgehead atoms. The lowest BCUT2D eigenvalue weighted by Crippen LogP contribution is -2.49. The maximum absolute atomic E-state index is 5.53. The van der Waals surface area contributed by atoms with Gasteiger partial charge in [0.1, 0.15) is 0 Å². The summed E-state index contributed by atoms with van der Waals surface area (Å²) < 4.78 is 5.53. The second kappa shape index (κ2) is 10.7. The Morgan fingerprint density at radius 2 is 2.29 bits per heavy atom. The lowest BCUT2D eigenvalue weighted by molar-refractivity contribution is -0.0165. The first kappa shape index (κ1) is 19.3. The first-order valence-corrected chi connectivity index (χ1v) is 9.74. The smallest absolute Gasteiger partial charge is 0.191 e. The van der Waals surface area contributed by atoms with Crippen LogP contribution in [0.5, 0.6) is 0 Å². The summed E-state index contributed by atoms with van der Waals surface area (Å²) in [6, 6.07) is 0.929. The van der Waals surface area contributed by atoms with Crippen molar-refractivity contribution in [3.63, 3.8) is 0 Å². The van der Waals surface area contributed by atoms with Gasteiger partial charge in [-0.2, -0.15) is 0 Å². The first-order chi connectivity index (χ1) is 11.7. The topological polar surface area (TPSA) is 48.9 Å². The van der Waals surface area contributed by atoms with Gasteiger partial charge in [-0.25, -0.2) is 0 Å². The third-order valence-electron chi connectivity index (χ3n) is 4.97. The predicted molar refractivity (Wildman–Crippen MR) is 102 cm³/mol. The highest BCUT2D eigenvalue weighted by molar-refractivity contribution is 5.79. The molecule has 2 rings (SSSR count). The number of ether oxygens (including phenoxy) is 1. The Labute approximate surface area is 147 Å². The molecule has 0 spiro atoms. The molecule has 138 valence electrons. The van der Waals surface area contributed by atoms with Gasteiger partial charge in [0.05, 0.1) is 19.8 Å². The molecule has 1 fully saturated rings. The average molecular weight is 337 g/mol. The van der Waals surface area contributed by atoms with Crippen LogP contribution in [0, 0.1) is 0 Å². The van der Waals surface area contributed by atoms with Crippen molar-refractivity contribution < 1.29 is 4.74 Å². The van der Waals surface area contributed by atoms with E-state index in [1.807, 2.05) is 0 Å². The van der Waals surface area contributed by atoms with E-state index in [9.17, 15) is 0 Å². The Kier molecular flexibility index (Phi) is 8.60. The van der Waals surface area contributed by atoms with E-state index in [2.05, 4.69) is 42.4 Å². The van der Waals surface area contributed by atoms with Gasteiger partial charge >= 0.3 is 0 Å². The summed E-state index contributed by atoms with van der Waals surface area (Å²) in [6.07, 6.45) is 8.83. The van der Waals surface area contributed by atoms with Gasteiger partial charge in [0.25, 0.3) is 0 Å². The minimum absolute atomic E-state index is 0.445. The van der Waals surface area contributed by atoms with Gasteiger partial charge in [-0.3, -0.25) is 9.89 Å². The van der Waals surface area contributed by atoms with Gasteiger partial charge in [0, 0.05) is 31.7 Å². The van der Waals surface area contributed by atoms with E-state index in [0.717, 1.165) is 51.8 Å². The molecule has 1 aliphatic carbocycles. The third-order valence-corrected chi connectivity index (χ3v) is 4.97. The van der Waals surface area contributed by atoms with Crippen LogP contribution in [0.3, 0.4) is 0 Å². The summed E-state index contributed by atoms with van der Waals surface area (Å²) in [4.78, 5) is 7.30. The zero-order valence-corrected chi connectivity index (χ0v) is 15.8. The molecule has 0 saturated carbocycles. The second-order valence-corrected chi connectivity index (χ2v) is 7.02. The first-order valence-electron chi connectivity index (χ1n) is 9.74. The highest BCUT2D eigenvalue weighted by atomic mass is 16.5. The van der Waals surface area contributed by atoms with E-state index in [1.54, 1.807) is 5.57 Å². The fraction of sp³-hybridized carbons (Fsp3) is 0.842. The molecule has 2 atom stereocenters. The highest BCUT2D eigenvalue weighted by Gasteiger charge is 2.23. The van der Waals surface area contributed by atoms with Gasteiger partial charge in [-0.1, -0.05) is 11.6 Å². The maximum Gasteiger partial charge on any atom is 0.191 e. The number of allylic oxidation sites excluding steroid dienone is 1. The normalized spacial score (nSPS) is 24.4. The Morgan fingerprint density at radius 1 is 1.42 bits per heavy atom. The Morgan fingerprint density at radius 3 is 3.00 bits per heavy atom. The van der Waals surface area contributed by atoms with Crippen molar-refractivity contribution in [2.45, 2.75) is 65.0 Å². The number of guanidine groups is 1. The van der Waals surface area contributed by atoms with Crippen LogP contribution in [0.4, 0.5) is 0 Å². The van der Waals surface area contributed by atoms with Crippen molar-refractivity contribution in [2.75, 3.05) is 39.4 Å². The highest BCUT2D eigenvalue weighted by Crippen LogP contribution is 2.19. The quantitative estimate of drug-likeness (QED) is 0.426. The van der Waals surface area contributed by atoms with Crippen molar-refractivity contribution in [3.05, 3.63) is 11.6 Å². The molecule has 0 amide bonds. The van der Waals surface area contributed by atoms with Crippen LogP contribution in [0.1, 0.15) is 52.9 Å². The second-order valence-electron chi connectivity index (χ2n) is 7.02. The number of morpholine rings is 1. The molecule has 1 aliphatic heterocycles. The van der Waals surface area contributed by atoms with Crippen molar-refractivity contribution in [3.8, 4) is 0 Å². The van der Waals surface area contributed by atoms with Crippen molar-refractivity contribution in [1.82, 2.24) is 15.5 Å². The van der Waals surface area contributed by atoms with Gasteiger partial charge in [-0.05, 0) is 52.9 Å². The molecule has 1 heterocycles. The van der Waals surface area contributed by atoms with Crippen LogP contribution in [-0.2, 0) is 4.74 Å². The van der Waals surface area contributed by atoms with Crippen molar-refractivity contribution in [1.29, 1.82) is 0 Å². The number of hydrogen-bond acceptors (Lipinski definition) is 3. The molecular weight excluding hydrogens is 300 g/mol. The minimum Gasteiger partial charge on any atom is -0.379 e. The molecule has 2 N–H and O–H groups in total. The van der Waals surface area contributed by atoms with Crippen LogP contribution < -0.4 is 10.6 Å². The number of rotatable bonds is 7. The molecule has 0 aromatic carbocycles. The summed E-state index contributed by atoms with van der Waals surface area (Å²) in [6.45, 7) is 12.0. The molecule has 5 nitrogen and oxygen atoms in total. The van der Waals surface area contributed by atoms with Crippen LogP contribution in [0.15, 0.2) is 16.6 Å². The zero-order chi connectivity index (χ0) is 17.2. The number of nitrogens with zero attached hydrogens (tertiary/aromatic N) is 2. The molecule has 0 aromatic heterocycles. The molecule has 24 heavy (non-hydrogen) atoms. The fourth-order valence-electron chi connectivity index (χ4n) is 3.54. The maximum atomic E-state index is 5.53.